The zero-order valence-electron chi connectivity index (χ0n) is 15.3. The summed E-state index contributed by atoms with van der Waals surface area (Å²) < 4.78 is 69.1. The van der Waals surface area contributed by atoms with Gasteiger partial charge in [-0.3, -0.25) is 9.10 Å². The summed E-state index contributed by atoms with van der Waals surface area (Å²) in [4.78, 5) is 12.6. The molecule has 0 spiro atoms. The van der Waals surface area contributed by atoms with Gasteiger partial charge in [-0.2, -0.15) is 13.2 Å². The molecule has 1 amide bonds. The number of sulfonamides is 1. The number of halogens is 3. The summed E-state index contributed by atoms with van der Waals surface area (Å²) in [7, 11) is -2.60. The van der Waals surface area contributed by atoms with Gasteiger partial charge >= 0.3 is 6.18 Å². The largest absolute Gasteiger partial charge is 0.497 e. The van der Waals surface area contributed by atoms with Crippen LogP contribution in [-0.2, 0) is 21.0 Å². The van der Waals surface area contributed by atoms with Crippen LogP contribution in [0.5, 0.6) is 5.75 Å². The van der Waals surface area contributed by atoms with Crippen LogP contribution in [0.4, 0.5) is 24.5 Å². The van der Waals surface area contributed by atoms with E-state index in [-0.39, 0.29) is 5.69 Å². The Morgan fingerprint density at radius 2 is 1.79 bits per heavy atom. The first-order chi connectivity index (χ1) is 12.9. The van der Waals surface area contributed by atoms with Gasteiger partial charge in [-0.25, -0.2) is 8.42 Å². The fraction of sp³-hybridized carbons (Fsp3) is 0.278. The molecular formula is C18H19F3N2O4S. The Bertz CT molecular complexity index is 961. The van der Waals surface area contributed by atoms with E-state index in [0.29, 0.717) is 21.8 Å². The minimum atomic E-state index is -4.65. The molecule has 1 N–H and O–H groups in total. The molecule has 0 heterocycles. The summed E-state index contributed by atoms with van der Waals surface area (Å²) in [6, 6.07) is 8.88. The average Bonchev–Trinajstić information content (AvgIpc) is 2.60. The van der Waals surface area contributed by atoms with Gasteiger partial charge in [0.15, 0.2) is 0 Å². The third kappa shape index (κ3) is 5.16. The second-order valence-electron chi connectivity index (χ2n) is 6.00. The normalized spacial score (nSPS) is 12.9. The van der Waals surface area contributed by atoms with E-state index in [0.717, 1.165) is 18.4 Å². The maximum Gasteiger partial charge on any atom is 0.416 e. The molecule has 0 aliphatic rings. The number of alkyl halides is 3. The number of hydrogen-bond donors (Lipinski definition) is 1. The number of benzene rings is 2. The highest BCUT2D eigenvalue weighted by Gasteiger charge is 2.34. The number of nitrogens with one attached hydrogen (secondary N) is 1. The summed E-state index contributed by atoms with van der Waals surface area (Å²) in [5.41, 5.74) is -0.918. The highest BCUT2D eigenvalue weighted by Crippen LogP contribution is 2.33. The number of hydrogen-bond acceptors (Lipinski definition) is 4. The van der Waals surface area contributed by atoms with Gasteiger partial charge < -0.3 is 10.1 Å². The molecule has 2 rings (SSSR count). The minimum Gasteiger partial charge on any atom is -0.497 e. The van der Waals surface area contributed by atoms with Crippen molar-refractivity contribution in [3.05, 3.63) is 54.1 Å². The first kappa shape index (κ1) is 21.5. The maximum atomic E-state index is 13.0. The Morgan fingerprint density at radius 1 is 1.14 bits per heavy atom. The van der Waals surface area contributed by atoms with E-state index in [9.17, 15) is 26.4 Å². The summed E-state index contributed by atoms with van der Waals surface area (Å²) >= 11 is 0. The third-order valence-electron chi connectivity index (χ3n) is 3.85. The zero-order chi connectivity index (χ0) is 21.1. The van der Waals surface area contributed by atoms with Crippen LogP contribution in [0.1, 0.15) is 12.5 Å². The lowest BCUT2D eigenvalue weighted by atomic mass is 10.1. The molecular weight excluding hydrogens is 397 g/mol. The number of amides is 1. The molecule has 6 nitrogen and oxygen atoms in total. The maximum absolute atomic E-state index is 13.0. The van der Waals surface area contributed by atoms with E-state index in [4.69, 9.17) is 4.74 Å². The molecule has 2 aromatic carbocycles. The number of carbonyl (C=O) groups excluding carboxylic acids is 1. The Hall–Kier alpha value is -2.75. The first-order valence-corrected chi connectivity index (χ1v) is 9.90. The first-order valence-electron chi connectivity index (χ1n) is 8.05. The summed E-state index contributed by atoms with van der Waals surface area (Å²) in [6.07, 6.45) is -3.83. The number of carbonyl (C=O) groups is 1. The number of methoxy groups -OCH3 is 1. The van der Waals surface area contributed by atoms with E-state index in [2.05, 4.69) is 5.32 Å². The molecule has 0 aliphatic carbocycles. The Kier molecular flexibility index (Phi) is 6.23. The van der Waals surface area contributed by atoms with Crippen molar-refractivity contribution in [3.63, 3.8) is 0 Å². The quantitative estimate of drug-likeness (QED) is 0.782. The number of anilines is 2. The van der Waals surface area contributed by atoms with Gasteiger partial charge in [0.05, 0.1) is 24.6 Å². The van der Waals surface area contributed by atoms with E-state index < -0.39 is 33.7 Å². The van der Waals surface area contributed by atoms with Crippen molar-refractivity contribution in [1.29, 1.82) is 0 Å². The van der Waals surface area contributed by atoms with Crippen LogP contribution in [0, 0.1) is 0 Å². The van der Waals surface area contributed by atoms with Crippen molar-refractivity contribution in [2.75, 3.05) is 23.0 Å². The zero-order valence-corrected chi connectivity index (χ0v) is 16.1. The van der Waals surface area contributed by atoms with Gasteiger partial charge in [-0.1, -0.05) is 12.1 Å². The van der Waals surface area contributed by atoms with E-state index in [1.807, 2.05) is 0 Å². The van der Waals surface area contributed by atoms with E-state index in [1.165, 1.54) is 26.2 Å². The molecule has 1 atom stereocenters. The molecule has 28 heavy (non-hydrogen) atoms. The fourth-order valence-electron chi connectivity index (χ4n) is 2.58. The smallest absolute Gasteiger partial charge is 0.416 e. The Morgan fingerprint density at radius 3 is 2.36 bits per heavy atom. The molecule has 152 valence electrons. The van der Waals surface area contributed by atoms with Crippen molar-refractivity contribution >= 4 is 27.3 Å². The SMILES string of the molecule is COc1cccc(NC(=O)C(C)N(c2cccc(C(F)(F)F)c2)S(C)(=O)=O)c1. The standard InChI is InChI=1S/C18H19F3N2O4S/c1-12(17(24)22-14-7-5-9-16(11-14)27-2)23(28(3,25)26)15-8-4-6-13(10-15)18(19,20)21/h4-12H,1-3H3,(H,22,24). The lowest BCUT2D eigenvalue weighted by Gasteiger charge is -2.28. The lowest BCUT2D eigenvalue weighted by molar-refractivity contribution is -0.137. The van der Waals surface area contributed by atoms with Crippen molar-refractivity contribution in [1.82, 2.24) is 0 Å². The second kappa shape index (κ2) is 8.09. The number of rotatable bonds is 6. The van der Waals surface area contributed by atoms with E-state index >= 15 is 0 Å². The molecule has 0 saturated heterocycles. The van der Waals surface area contributed by atoms with Crippen LogP contribution in [0.2, 0.25) is 0 Å². The molecule has 0 aliphatic heterocycles. The highest BCUT2D eigenvalue weighted by atomic mass is 32.2. The molecule has 0 fully saturated rings. The molecule has 2 aromatic rings. The van der Waals surface area contributed by atoms with Crippen LogP contribution in [-0.4, -0.2) is 33.7 Å². The predicted octanol–water partition coefficient (Wildman–Crippen LogP) is 3.51. The Labute approximate surface area is 161 Å². The summed E-state index contributed by atoms with van der Waals surface area (Å²) in [6.45, 7) is 1.29. The van der Waals surface area contributed by atoms with Crippen LogP contribution in [0.15, 0.2) is 48.5 Å². The van der Waals surface area contributed by atoms with Gasteiger partial charge in [0.2, 0.25) is 15.9 Å². The van der Waals surface area contributed by atoms with Gasteiger partial charge in [-0.15, -0.1) is 0 Å². The molecule has 10 heteroatoms. The molecule has 1 unspecified atom stereocenters. The minimum absolute atomic E-state index is 0.259. The van der Waals surface area contributed by atoms with Crippen LogP contribution >= 0.6 is 0 Å². The van der Waals surface area contributed by atoms with E-state index in [1.54, 1.807) is 18.2 Å². The van der Waals surface area contributed by atoms with Gasteiger partial charge in [-0.05, 0) is 37.3 Å². The topological polar surface area (TPSA) is 75.7 Å². The predicted molar refractivity (Wildman–Crippen MR) is 99.9 cm³/mol. The Balaban J connectivity index is 2.36. The van der Waals surface area contributed by atoms with Gasteiger partial charge in [0, 0.05) is 11.8 Å². The summed E-state index contributed by atoms with van der Waals surface area (Å²) in [5, 5.41) is 2.54. The monoisotopic (exact) mass is 416 g/mol. The van der Waals surface area contributed by atoms with Crippen molar-refractivity contribution < 1.29 is 31.1 Å². The molecule has 0 saturated carbocycles. The second-order valence-corrected chi connectivity index (χ2v) is 7.86. The van der Waals surface area contributed by atoms with Crippen LogP contribution < -0.4 is 14.4 Å². The van der Waals surface area contributed by atoms with Crippen LogP contribution in [0.3, 0.4) is 0 Å². The van der Waals surface area contributed by atoms with Crippen LogP contribution in [0.25, 0.3) is 0 Å². The third-order valence-corrected chi connectivity index (χ3v) is 5.10. The van der Waals surface area contributed by atoms with Crippen molar-refractivity contribution in [2.24, 2.45) is 0 Å². The summed E-state index contributed by atoms with van der Waals surface area (Å²) in [5.74, 6) is -0.237. The fourth-order valence-corrected chi connectivity index (χ4v) is 3.74. The van der Waals surface area contributed by atoms with Gasteiger partial charge in [0.1, 0.15) is 11.8 Å². The van der Waals surface area contributed by atoms with Crippen molar-refractivity contribution in [2.45, 2.75) is 19.1 Å². The molecule has 0 radical (unpaired) electrons. The molecule has 0 aromatic heterocycles. The lowest BCUT2D eigenvalue weighted by Crippen LogP contribution is -2.45. The molecule has 0 bridgehead atoms. The number of nitrogens with zero attached hydrogens (tertiary/aromatic N) is 1. The highest BCUT2D eigenvalue weighted by molar-refractivity contribution is 7.92. The van der Waals surface area contributed by atoms with Crippen molar-refractivity contribution in [3.8, 4) is 5.75 Å². The average molecular weight is 416 g/mol. The van der Waals surface area contributed by atoms with Gasteiger partial charge in [0.25, 0.3) is 0 Å². The number of ether oxygens (including phenoxy) is 1.